The first-order valence-electron chi connectivity index (χ1n) is 12.2. The molecule has 0 saturated carbocycles. The predicted octanol–water partition coefficient (Wildman–Crippen LogP) is 8.94. The summed E-state index contributed by atoms with van der Waals surface area (Å²) in [5.41, 5.74) is 8.62. The molecular weight excluding hydrogens is 436 g/mol. The Morgan fingerprint density at radius 3 is 1.83 bits per heavy atom. The van der Waals surface area contributed by atoms with Crippen molar-refractivity contribution in [3.63, 3.8) is 0 Å². The second kappa shape index (κ2) is 8.44. The molecule has 0 radical (unpaired) electrons. The monoisotopic (exact) mass is 458 g/mol. The van der Waals surface area contributed by atoms with Crippen molar-refractivity contribution in [2.75, 3.05) is 0 Å². The van der Waals surface area contributed by atoms with Gasteiger partial charge < -0.3 is 0 Å². The number of hydrogen-bond donors (Lipinski definition) is 0. The van der Waals surface area contributed by atoms with E-state index in [2.05, 4.69) is 121 Å². The fourth-order valence-corrected chi connectivity index (χ4v) is 5.21. The number of rotatable bonds is 3. The molecule has 7 rings (SSSR count). The van der Waals surface area contributed by atoms with E-state index in [1.54, 1.807) is 0 Å². The Kier molecular flexibility index (Phi) is 4.82. The molecule has 36 heavy (non-hydrogen) atoms. The molecule has 0 aliphatic carbocycles. The first kappa shape index (κ1) is 20.5. The quantitative estimate of drug-likeness (QED) is 0.247. The van der Waals surface area contributed by atoms with Crippen LogP contribution in [-0.2, 0) is 0 Å². The van der Waals surface area contributed by atoms with Gasteiger partial charge in [-0.15, -0.1) is 0 Å². The third-order valence-electron chi connectivity index (χ3n) is 6.92. The van der Waals surface area contributed by atoms with Gasteiger partial charge in [0.1, 0.15) is 0 Å². The van der Waals surface area contributed by atoms with Crippen molar-refractivity contribution in [2.45, 2.75) is 0 Å². The lowest BCUT2D eigenvalue weighted by Crippen LogP contribution is -1.94. The Balaban J connectivity index is 1.59. The number of pyridine rings is 2. The van der Waals surface area contributed by atoms with Crippen LogP contribution in [0.4, 0.5) is 0 Å². The summed E-state index contributed by atoms with van der Waals surface area (Å²) in [5, 5.41) is 4.62. The van der Waals surface area contributed by atoms with Crippen molar-refractivity contribution in [3.05, 3.63) is 134 Å². The van der Waals surface area contributed by atoms with Gasteiger partial charge in [-0.1, -0.05) is 115 Å². The zero-order valence-electron chi connectivity index (χ0n) is 19.6. The van der Waals surface area contributed by atoms with Crippen LogP contribution in [0, 0.1) is 0 Å². The molecule has 0 atom stereocenters. The van der Waals surface area contributed by atoms with E-state index in [0.29, 0.717) is 0 Å². The summed E-state index contributed by atoms with van der Waals surface area (Å²) in [7, 11) is 0. The van der Waals surface area contributed by atoms with Crippen molar-refractivity contribution in [1.29, 1.82) is 0 Å². The molecule has 2 nitrogen and oxygen atoms in total. The van der Waals surface area contributed by atoms with Crippen LogP contribution in [0.5, 0.6) is 0 Å². The van der Waals surface area contributed by atoms with Crippen LogP contribution in [-0.4, -0.2) is 9.97 Å². The summed E-state index contributed by atoms with van der Waals surface area (Å²) in [5.74, 6) is 0. The highest BCUT2D eigenvalue weighted by atomic mass is 14.8. The summed E-state index contributed by atoms with van der Waals surface area (Å²) in [6.45, 7) is 0. The molecule has 2 aromatic heterocycles. The molecule has 168 valence electrons. The van der Waals surface area contributed by atoms with Crippen molar-refractivity contribution >= 4 is 32.6 Å². The van der Waals surface area contributed by atoms with Crippen LogP contribution in [0.15, 0.2) is 134 Å². The third-order valence-corrected chi connectivity index (χ3v) is 6.92. The Morgan fingerprint density at radius 1 is 0.417 bits per heavy atom. The van der Waals surface area contributed by atoms with Crippen LogP contribution in [0.2, 0.25) is 0 Å². The highest BCUT2D eigenvalue weighted by molar-refractivity contribution is 6.13. The summed E-state index contributed by atoms with van der Waals surface area (Å²) in [4.78, 5) is 10.1. The number of nitrogens with zero attached hydrogens (tertiary/aromatic N) is 2. The van der Waals surface area contributed by atoms with E-state index in [-0.39, 0.29) is 0 Å². The molecule has 0 bridgehead atoms. The van der Waals surface area contributed by atoms with Crippen LogP contribution in [0.1, 0.15) is 0 Å². The van der Waals surface area contributed by atoms with E-state index in [9.17, 15) is 0 Å². The highest BCUT2D eigenvalue weighted by Crippen LogP contribution is 2.38. The SMILES string of the molecule is c1ccc(-c2ccnc3c2ccc2c(-c4ccccc4)cc(-c4cccc5ccccc45)nc23)cc1. The molecule has 2 heterocycles. The summed E-state index contributed by atoms with van der Waals surface area (Å²) in [6.07, 6.45) is 1.90. The van der Waals surface area contributed by atoms with Crippen LogP contribution in [0.3, 0.4) is 0 Å². The van der Waals surface area contributed by atoms with Crippen molar-refractivity contribution in [1.82, 2.24) is 9.97 Å². The van der Waals surface area contributed by atoms with Gasteiger partial charge in [0.05, 0.1) is 16.7 Å². The van der Waals surface area contributed by atoms with E-state index in [0.717, 1.165) is 38.6 Å². The van der Waals surface area contributed by atoms with E-state index in [1.165, 1.54) is 27.5 Å². The second-order valence-corrected chi connectivity index (χ2v) is 9.03. The van der Waals surface area contributed by atoms with Gasteiger partial charge in [0.2, 0.25) is 0 Å². The molecule has 0 amide bonds. The summed E-state index contributed by atoms with van der Waals surface area (Å²) < 4.78 is 0. The molecule has 0 spiro atoms. The average Bonchev–Trinajstić information content (AvgIpc) is 2.96. The molecule has 0 aliphatic heterocycles. The second-order valence-electron chi connectivity index (χ2n) is 9.03. The summed E-state index contributed by atoms with van der Waals surface area (Å²) >= 11 is 0. The molecule has 0 saturated heterocycles. The minimum atomic E-state index is 0.924. The lowest BCUT2D eigenvalue weighted by molar-refractivity contribution is 1.37. The van der Waals surface area contributed by atoms with E-state index < -0.39 is 0 Å². The lowest BCUT2D eigenvalue weighted by Gasteiger charge is -2.14. The van der Waals surface area contributed by atoms with Crippen LogP contribution >= 0.6 is 0 Å². The van der Waals surface area contributed by atoms with Gasteiger partial charge >= 0.3 is 0 Å². The number of fused-ring (bicyclic) bond motifs is 4. The first-order valence-corrected chi connectivity index (χ1v) is 12.2. The van der Waals surface area contributed by atoms with Crippen molar-refractivity contribution in [2.24, 2.45) is 0 Å². The van der Waals surface area contributed by atoms with Crippen molar-refractivity contribution in [3.8, 4) is 33.5 Å². The zero-order valence-corrected chi connectivity index (χ0v) is 19.6. The molecular formula is C34H22N2. The smallest absolute Gasteiger partial charge is 0.0978 e. The zero-order chi connectivity index (χ0) is 23.9. The van der Waals surface area contributed by atoms with E-state index >= 15 is 0 Å². The minimum absolute atomic E-state index is 0.924. The topological polar surface area (TPSA) is 25.8 Å². The van der Waals surface area contributed by atoms with Gasteiger partial charge in [-0.3, -0.25) is 4.98 Å². The van der Waals surface area contributed by atoms with Gasteiger partial charge in [-0.05, 0) is 45.2 Å². The lowest BCUT2D eigenvalue weighted by atomic mass is 9.94. The van der Waals surface area contributed by atoms with Gasteiger partial charge in [-0.25, -0.2) is 4.98 Å². The summed E-state index contributed by atoms with van der Waals surface area (Å²) in [6, 6.07) is 44.7. The molecule has 5 aromatic carbocycles. The van der Waals surface area contributed by atoms with Gasteiger partial charge in [-0.2, -0.15) is 0 Å². The Hall–Kier alpha value is -4.82. The first-order chi connectivity index (χ1) is 17.9. The molecule has 2 heteroatoms. The fourth-order valence-electron chi connectivity index (χ4n) is 5.21. The van der Waals surface area contributed by atoms with Gasteiger partial charge in [0, 0.05) is 22.5 Å². The van der Waals surface area contributed by atoms with Crippen LogP contribution in [0.25, 0.3) is 66.1 Å². The maximum absolute atomic E-state index is 5.28. The Bertz CT molecular complexity index is 1870. The maximum atomic E-state index is 5.28. The highest BCUT2D eigenvalue weighted by Gasteiger charge is 2.15. The Labute approximate surface area is 209 Å². The molecule has 7 aromatic rings. The number of hydrogen-bond acceptors (Lipinski definition) is 2. The number of benzene rings is 5. The predicted molar refractivity (Wildman–Crippen MR) is 151 cm³/mol. The largest absolute Gasteiger partial charge is 0.254 e. The van der Waals surface area contributed by atoms with E-state index in [1.807, 2.05) is 12.3 Å². The molecule has 0 N–H and O–H groups in total. The van der Waals surface area contributed by atoms with E-state index in [4.69, 9.17) is 9.97 Å². The molecule has 0 fully saturated rings. The molecule has 0 aliphatic rings. The average molecular weight is 459 g/mol. The Morgan fingerprint density at radius 2 is 1.06 bits per heavy atom. The minimum Gasteiger partial charge on any atom is -0.254 e. The fraction of sp³-hybridized carbons (Fsp3) is 0. The van der Waals surface area contributed by atoms with Crippen LogP contribution < -0.4 is 0 Å². The van der Waals surface area contributed by atoms with Gasteiger partial charge in [0.25, 0.3) is 0 Å². The third kappa shape index (κ3) is 3.35. The number of aromatic nitrogens is 2. The standard InChI is InChI=1S/C34H22N2/c1-3-10-23(11-4-1)27-20-21-35-33-29(27)18-19-30-31(25-12-5-2-6-13-25)22-32(36-34(30)33)28-17-9-15-24-14-7-8-16-26(24)28/h1-22H. The normalized spacial score (nSPS) is 11.3. The van der Waals surface area contributed by atoms with Crippen molar-refractivity contribution < 1.29 is 0 Å². The van der Waals surface area contributed by atoms with Gasteiger partial charge in [0.15, 0.2) is 0 Å². The maximum Gasteiger partial charge on any atom is 0.0978 e. The molecule has 0 unspecified atom stereocenters.